The van der Waals surface area contributed by atoms with Crippen molar-refractivity contribution in [1.82, 2.24) is 15.1 Å². The SMILES string of the molecule is CC(C)(C)OC(=O)N1CCN2C(NCCOc3ccccc3)=NCC2C1. The Labute approximate surface area is 155 Å². The Bertz CT molecular complexity index is 642. The van der Waals surface area contributed by atoms with Crippen LogP contribution >= 0.6 is 0 Å². The molecule has 142 valence electrons. The van der Waals surface area contributed by atoms with Crippen LogP contribution in [0.15, 0.2) is 35.3 Å². The van der Waals surface area contributed by atoms with E-state index in [4.69, 9.17) is 9.47 Å². The van der Waals surface area contributed by atoms with Gasteiger partial charge >= 0.3 is 6.09 Å². The Hall–Kier alpha value is -2.44. The van der Waals surface area contributed by atoms with Gasteiger partial charge < -0.3 is 24.6 Å². The van der Waals surface area contributed by atoms with Crippen molar-refractivity contribution in [2.75, 3.05) is 39.3 Å². The van der Waals surface area contributed by atoms with E-state index >= 15 is 0 Å². The average molecular weight is 360 g/mol. The molecule has 0 aliphatic carbocycles. The maximum atomic E-state index is 12.2. The quantitative estimate of drug-likeness (QED) is 0.832. The van der Waals surface area contributed by atoms with Crippen molar-refractivity contribution >= 4 is 12.1 Å². The van der Waals surface area contributed by atoms with Crippen molar-refractivity contribution in [3.05, 3.63) is 30.3 Å². The molecule has 3 rings (SSSR count). The number of carbonyl (C=O) groups is 1. The predicted octanol–water partition coefficient (Wildman–Crippen LogP) is 1.95. The van der Waals surface area contributed by atoms with E-state index in [1.165, 1.54) is 0 Å². The van der Waals surface area contributed by atoms with Gasteiger partial charge in [0.1, 0.15) is 18.0 Å². The zero-order valence-electron chi connectivity index (χ0n) is 15.8. The highest BCUT2D eigenvalue weighted by Crippen LogP contribution is 2.18. The minimum atomic E-state index is -0.466. The summed E-state index contributed by atoms with van der Waals surface area (Å²) in [5, 5.41) is 3.35. The largest absolute Gasteiger partial charge is 0.492 e. The maximum absolute atomic E-state index is 12.2. The number of piperazine rings is 1. The van der Waals surface area contributed by atoms with Crippen LogP contribution in [0.3, 0.4) is 0 Å². The van der Waals surface area contributed by atoms with Crippen molar-refractivity contribution in [3.8, 4) is 5.75 Å². The molecule has 1 aromatic rings. The number of guanidine groups is 1. The van der Waals surface area contributed by atoms with Gasteiger partial charge in [0.15, 0.2) is 5.96 Å². The van der Waals surface area contributed by atoms with Gasteiger partial charge in [0.05, 0.1) is 19.1 Å². The fourth-order valence-corrected chi connectivity index (χ4v) is 3.07. The van der Waals surface area contributed by atoms with Crippen LogP contribution < -0.4 is 10.1 Å². The Morgan fingerprint density at radius 3 is 2.77 bits per heavy atom. The van der Waals surface area contributed by atoms with Gasteiger partial charge in [0.2, 0.25) is 0 Å². The molecule has 1 amide bonds. The molecule has 0 bridgehead atoms. The Kier molecular flexibility index (Phi) is 5.54. The fraction of sp³-hybridized carbons (Fsp3) is 0.579. The van der Waals surface area contributed by atoms with Crippen LogP contribution in [0.1, 0.15) is 20.8 Å². The van der Waals surface area contributed by atoms with E-state index in [-0.39, 0.29) is 12.1 Å². The third-order valence-electron chi connectivity index (χ3n) is 4.26. The summed E-state index contributed by atoms with van der Waals surface area (Å²) in [7, 11) is 0. The van der Waals surface area contributed by atoms with Gasteiger partial charge in [-0.3, -0.25) is 4.99 Å². The number of benzene rings is 1. The lowest BCUT2D eigenvalue weighted by Gasteiger charge is -2.39. The van der Waals surface area contributed by atoms with Crippen LogP contribution in [0.5, 0.6) is 5.75 Å². The van der Waals surface area contributed by atoms with Crippen LogP contribution in [0.2, 0.25) is 0 Å². The molecular formula is C19H28N4O3. The van der Waals surface area contributed by atoms with Crippen molar-refractivity contribution in [3.63, 3.8) is 0 Å². The van der Waals surface area contributed by atoms with Gasteiger partial charge in [-0.2, -0.15) is 0 Å². The highest BCUT2D eigenvalue weighted by molar-refractivity contribution is 5.82. The number of para-hydroxylation sites is 1. The van der Waals surface area contributed by atoms with Crippen LogP contribution in [0.4, 0.5) is 4.79 Å². The van der Waals surface area contributed by atoms with Gasteiger partial charge in [-0.05, 0) is 32.9 Å². The first-order chi connectivity index (χ1) is 12.4. The number of ether oxygens (including phenoxy) is 2. The van der Waals surface area contributed by atoms with Crippen molar-refractivity contribution < 1.29 is 14.3 Å². The van der Waals surface area contributed by atoms with Crippen LogP contribution in [-0.2, 0) is 4.74 Å². The number of fused-ring (bicyclic) bond motifs is 1. The highest BCUT2D eigenvalue weighted by atomic mass is 16.6. The zero-order chi connectivity index (χ0) is 18.6. The minimum Gasteiger partial charge on any atom is -0.492 e. The molecule has 7 heteroatoms. The zero-order valence-corrected chi connectivity index (χ0v) is 15.8. The molecule has 0 saturated carbocycles. The van der Waals surface area contributed by atoms with Crippen LogP contribution in [0, 0.1) is 0 Å². The molecule has 2 heterocycles. The normalized spacial score (nSPS) is 19.7. The first kappa shape index (κ1) is 18.4. The van der Waals surface area contributed by atoms with Crippen molar-refractivity contribution in [2.45, 2.75) is 32.4 Å². The lowest BCUT2D eigenvalue weighted by Crippen LogP contribution is -2.57. The van der Waals surface area contributed by atoms with Gasteiger partial charge in [-0.15, -0.1) is 0 Å². The Morgan fingerprint density at radius 1 is 1.27 bits per heavy atom. The molecule has 1 atom stereocenters. The molecule has 26 heavy (non-hydrogen) atoms. The monoisotopic (exact) mass is 360 g/mol. The number of aliphatic imine (C=N–C) groups is 1. The summed E-state index contributed by atoms with van der Waals surface area (Å²) in [4.78, 5) is 20.9. The number of hydrogen-bond donors (Lipinski definition) is 1. The molecule has 1 N–H and O–H groups in total. The Balaban J connectivity index is 1.41. The molecule has 1 unspecified atom stereocenters. The standard InChI is InChI=1S/C19H28N4O3/c1-19(2,3)26-18(24)22-10-11-23-15(14-22)13-21-17(23)20-9-12-25-16-7-5-4-6-8-16/h4-8,15H,9-14H2,1-3H3,(H,20,21). The number of amides is 1. The number of carbonyl (C=O) groups excluding carboxylic acids is 1. The van der Waals surface area contributed by atoms with E-state index in [1.807, 2.05) is 51.1 Å². The second-order valence-corrected chi connectivity index (χ2v) is 7.53. The molecule has 0 spiro atoms. The van der Waals surface area contributed by atoms with E-state index in [1.54, 1.807) is 4.90 Å². The maximum Gasteiger partial charge on any atom is 0.410 e. The summed E-state index contributed by atoms with van der Waals surface area (Å²) in [6.07, 6.45) is -0.241. The fourth-order valence-electron chi connectivity index (χ4n) is 3.07. The summed E-state index contributed by atoms with van der Waals surface area (Å²) in [5.74, 6) is 1.77. The number of rotatable bonds is 4. The molecular weight excluding hydrogens is 332 g/mol. The summed E-state index contributed by atoms with van der Waals surface area (Å²) in [6, 6.07) is 9.98. The third kappa shape index (κ3) is 4.80. The summed E-state index contributed by atoms with van der Waals surface area (Å²) >= 11 is 0. The molecule has 1 fully saturated rings. The number of nitrogens with zero attached hydrogens (tertiary/aromatic N) is 3. The average Bonchev–Trinajstić information content (AvgIpc) is 3.00. The highest BCUT2D eigenvalue weighted by Gasteiger charge is 2.36. The van der Waals surface area contributed by atoms with E-state index < -0.39 is 5.60 Å². The van der Waals surface area contributed by atoms with Crippen LogP contribution in [0.25, 0.3) is 0 Å². The Morgan fingerprint density at radius 2 is 2.04 bits per heavy atom. The number of nitrogens with one attached hydrogen (secondary N) is 1. The van der Waals surface area contributed by atoms with E-state index in [0.717, 1.165) is 18.3 Å². The molecule has 7 nitrogen and oxygen atoms in total. The molecule has 1 saturated heterocycles. The van der Waals surface area contributed by atoms with E-state index in [9.17, 15) is 4.79 Å². The third-order valence-corrected chi connectivity index (χ3v) is 4.26. The van der Waals surface area contributed by atoms with Gasteiger partial charge in [-0.1, -0.05) is 18.2 Å². The minimum absolute atomic E-state index is 0.216. The summed E-state index contributed by atoms with van der Waals surface area (Å²) < 4.78 is 11.2. The molecule has 2 aliphatic heterocycles. The summed E-state index contributed by atoms with van der Waals surface area (Å²) in [5.41, 5.74) is -0.466. The first-order valence-corrected chi connectivity index (χ1v) is 9.13. The lowest BCUT2D eigenvalue weighted by atomic mass is 10.2. The van der Waals surface area contributed by atoms with E-state index in [2.05, 4.69) is 15.2 Å². The topological polar surface area (TPSA) is 66.4 Å². The number of hydrogen-bond acceptors (Lipinski definition) is 6. The van der Waals surface area contributed by atoms with Gasteiger partial charge in [-0.25, -0.2) is 4.79 Å². The molecule has 0 radical (unpaired) electrons. The van der Waals surface area contributed by atoms with E-state index in [0.29, 0.717) is 32.8 Å². The second kappa shape index (κ2) is 7.85. The predicted molar refractivity (Wildman–Crippen MR) is 101 cm³/mol. The van der Waals surface area contributed by atoms with Crippen molar-refractivity contribution in [1.29, 1.82) is 0 Å². The van der Waals surface area contributed by atoms with Gasteiger partial charge in [0, 0.05) is 19.6 Å². The molecule has 0 aromatic heterocycles. The second-order valence-electron chi connectivity index (χ2n) is 7.53. The lowest BCUT2D eigenvalue weighted by molar-refractivity contribution is 0.0137. The first-order valence-electron chi connectivity index (χ1n) is 9.13. The van der Waals surface area contributed by atoms with Crippen LogP contribution in [-0.4, -0.2) is 72.8 Å². The van der Waals surface area contributed by atoms with Gasteiger partial charge in [0.25, 0.3) is 0 Å². The summed E-state index contributed by atoms with van der Waals surface area (Å²) in [6.45, 7) is 9.67. The molecule has 1 aromatic carbocycles. The molecule has 2 aliphatic rings. The van der Waals surface area contributed by atoms with Crippen molar-refractivity contribution in [2.24, 2.45) is 4.99 Å². The smallest absolute Gasteiger partial charge is 0.410 e.